The molecule has 0 spiro atoms. The van der Waals surface area contributed by atoms with E-state index in [2.05, 4.69) is 10.2 Å². The second-order valence-corrected chi connectivity index (χ2v) is 10.7. The van der Waals surface area contributed by atoms with Crippen LogP contribution in [0.2, 0.25) is 0 Å². The standard InChI is InChI=1S/C21H27N3O5S2/c1-16-15-30-20-5-4-18(13-19(20)22-21(16)25)31(26,27)24(14-17-3-2-10-29-17)7-6-23-8-11-28-12-9-23/h2-5,10,13,16H,6-9,11-12,14-15H2,1H3,(H,22,25)/t16-/m0/s1. The molecule has 0 radical (unpaired) electrons. The lowest BCUT2D eigenvalue weighted by atomic mass is 10.2. The third-order valence-electron chi connectivity index (χ3n) is 5.46. The fourth-order valence-corrected chi connectivity index (χ4v) is 5.96. The van der Waals surface area contributed by atoms with Crippen molar-refractivity contribution in [3.8, 4) is 0 Å². The van der Waals surface area contributed by atoms with E-state index in [-0.39, 0.29) is 23.3 Å². The molecular weight excluding hydrogens is 438 g/mol. The van der Waals surface area contributed by atoms with Crippen molar-refractivity contribution in [3.05, 3.63) is 42.4 Å². The predicted octanol–water partition coefficient (Wildman–Crippen LogP) is 2.48. The van der Waals surface area contributed by atoms with Crippen LogP contribution in [0.1, 0.15) is 12.7 Å². The van der Waals surface area contributed by atoms with E-state index < -0.39 is 10.0 Å². The second-order valence-electron chi connectivity index (χ2n) is 7.73. The predicted molar refractivity (Wildman–Crippen MR) is 119 cm³/mol. The molecular formula is C21H27N3O5S2. The van der Waals surface area contributed by atoms with Gasteiger partial charge in [0, 0.05) is 42.7 Å². The fourth-order valence-electron chi connectivity index (χ4n) is 3.53. The van der Waals surface area contributed by atoms with Gasteiger partial charge >= 0.3 is 0 Å². The number of furan rings is 1. The van der Waals surface area contributed by atoms with Crippen LogP contribution in [0.4, 0.5) is 5.69 Å². The Kier molecular flexibility index (Phi) is 7.02. The van der Waals surface area contributed by atoms with Crippen molar-refractivity contribution in [2.75, 3.05) is 50.5 Å². The number of thioether (sulfide) groups is 1. The van der Waals surface area contributed by atoms with Gasteiger partial charge in [-0.2, -0.15) is 4.31 Å². The third-order valence-corrected chi connectivity index (χ3v) is 8.64. The summed E-state index contributed by atoms with van der Waals surface area (Å²) in [5.74, 6) is 1.01. The van der Waals surface area contributed by atoms with Crippen LogP contribution in [-0.4, -0.2) is 68.7 Å². The van der Waals surface area contributed by atoms with Crippen molar-refractivity contribution < 1.29 is 22.4 Å². The first kappa shape index (κ1) is 22.3. The molecule has 10 heteroatoms. The normalized spacial score (nSPS) is 20.3. The van der Waals surface area contributed by atoms with Crippen molar-refractivity contribution >= 4 is 33.4 Å². The van der Waals surface area contributed by atoms with Gasteiger partial charge in [0.1, 0.15) is 5.76 Å². The molecule has 1 aromatic carbocycles. The maximum Gasteiger partial charge on any atom is 0.243 e. The highest BCUT2D eigenvalue weighted by molar-refractivity contribution is 7.99. The minimum atomic E-state index is -3.80. The van der Waals surface area contributed by atoms with Crippen LogP contribution in [0, 0.1) is 5.92 Å². The van der Waals surface area contributed by atoms with Crippen LogP contribution in [0.3, 0.4) is 0 Å². The zero-order chi connectivity index (χ0) is 21.8. The molecule has 0 bridgehead atoms. The van der Waals surface area contributed by atoms with Crippen LogP contribution in [0.25, 0.3) is 0 Å². The summed E-state index contributed by atoms with van der Waals surface area (Å²) in [5, 5.41) is 2.87. The number of carbonyl (C=O) groups excluding carboxylic acids is 1. The Hall–Kier alpha value is -1.85. The van der Waals surface area contributed by atoms with Crippen LogP contribution in [-0.2, 0) is 26.1 Å². The number of hydrogen-bond acceptors (Lipinski definition) is 7. The first-order chi connectivity index (χ1) is 14.9. The quantitative estimate of drug-likeness (QED) is 0.672. The molecule has 1 amide bonds. The Labute approximate surface area is 187 Å². The third kappa shape index (κ3) is 5.32. The lowest BCUT2D eigenvalue weighted by Gasteiger charge is -2.29. The molecule has 4 rings (SSSR count). The Bertz CT molecular complexity index is 1000. The Balaban J connectivity index is 1.58. The smallest absolute Gasteiger partial charge is 0.243 e. The number of carbonyl (C=O) groups is 1. The maximum atomic E-state index is 13.6. The SMILES string of the molecule is C[C@H]1CSc2ccc(S(=O)(=O)N(CCN3CCOCC3)Cc3ccco3)cc2NC1=O. The van der Waals surface area contributed by atoms with Crippen molar-refractivity contribution in [2.45, 2.75) is 23.3 Å². The van der Waals surface area contributed by atoms with Gasteiger partial charge < -0.3 is 14.5 Å². The highest BCUT2D eigenvalue weighted by atomic mass is 32.2. The summed E-state index contributed by atoms with van der Waals surface area (Å²) in [4.78, 5) is 15.5. The van der Waals surface area contributed by atoms with Gasteiger partial charge in [-0.3, -0.25) is 9.69 Å². The van der Waals surface area contributed by atoms with Crippen molar-refractivity contribution in [1.29, 1.82) is 0 Å². The summed E-state index contributed by atoms with van der Waals surface area (Å²) in [6, 6.07) is 8.48. The molecule has 8 nitrogen and oxygen atoms in total. The number of hydrogen-bond donors (Lipinski definition) is 1. The summed E-state index contributed by atoms with van der Waals surface area (Å²) in [5.41, 5.74) is 0.548. The van der Waals surface area contributed by atoms with Gasteiger partial charge in [0.05, 0.1) is 36.6 Å². The van der Waals surface area contributed by atoms with E-state index in [4.69, 9.17) is 9.15 Å². The minimum Gasteiger partial charge on any atom is -0.468 e. The summed E-state index contributed by atoms with van der Waals surface area (Å²) in [6.45, 7) is 5.84. The van der Waals surface area contributed by atoms with Gasteiger partial charge in [0.25, 0.3) is 0 Å². The van der Waals surface area contributed by atoms with Crippen LogP contribution >= 0.6 is 11.8 Å². The van der Waals surface area contributed by atoms with Crippen LogP contribution < -0.4 is 5.32 Å². The summed E-state index contributed by atoms with van der Waals surface area (Å²) < 4.78 is 39.4. The summed E-state index contributed by atoms with van der Waals surface area (Å²) in [6.07, 6.45) is 1.54. The van der Waals surface area contributed by atoms with E-state index in [0.29, 0.717) is 43.5 Å². The minimum absolute atomic E-state index is 0.0967. The molecule has 1 saturated heterocycles. The molecule has 2 aliphatic heterocycles. The first-order valence-corrected chi connectivity index (χ1v) is 12.8. The Morgan fingerprint density at radius 2 is 2.06 bits per heavy atom. The molecule has 2 aromatic rings. The van der Waals surface area contributed by atoms with E-state index in [9.17, 15) is 13.2 Å². The molecule has 0 saturated carbocycles. The number of nitrogens with zero attached hydrogens (tertiary/aromatic N) is 2. The molecule has 3 heterocycles. The highest BCUT2D eigenvalue weighted by Gasteiger charge is 2.28. The number of sulfonamides is 1. The number of benzene rings is 1. The molecule has 1 fully saturated rings. The van der Waals surface area contributed by atoms with E-state index in [1.807, 2.05) is 6.92 Å². The van der Waals surface area contributed by atoms with Crippen molar-refractivity contribution in [2.24, 2.45) is 5.92 Å². The van der Waals surface area contributed by atoms with Gasteiger partial charge in [0.2, 0.25) is 15.9 Å². The first-order valence-electron chi connectivity index (χ1n) is 10.3. The number of amides is 1. The van der Waals surface area contributed by atoms with Crippen LogP contribution in [0.15, 0.2) is 50.8 Å². The average molecular weight is 466 g/mol. The zero-order valence-electron chi connectivity index (χ0n) is 17.5. The molecule has 2 aliphatic rings. The van der Waals surface area contributed by atoms with Crippen molar-refractivity contribution in [1.82, 2.24) is 9.21 Å². The molecule has 1 aromatic heterocycles. The van der Waals surface area contributed by atoms with Gasteiger partial charge in [-0.15, -0.1) is 11.8 Å². The molecule has 1 N–H and O–H groups in total. The van der Waals surface area contributed by atoms with Gasteiger partial charge in [-0.25, -0.2) is 8.42 Å². The summed E-state index contributed by atoms with van der Waals surface area (Å²) >= 11 is 1.56. The lowest BCUT2D eigenvalue weighted by Crippen LogP contribution is -2.42. The molecule has 0 unspecified atom stereocenters. The molecule has 168 valence electrons. The molecule has 31 heavy (non-hydrogen) atoms. The number of rotatable bonds is 7. The maximum absolute atomic E-state index is 13.6. The topological polar surface area (TPSA) is 92.1 Å². The van der Waals surface area contributed by atoms with Crippen molar-refractivity contribution in [3.63, 3.8) is 0 Å². The largest absolute Gasteiger partial charge is 0.468 e. The lowest BCUT2D eigenvalue weighted by molar-refractivity contribution is -0.118. The summed E-state index contributed by atoms with van der Waals surface area (Å²) in [7, 11) is -3.80. The number of anilines is 1. The second kappa shape index (κ2) is 9.74. The Morgan fingerprint density at radius 1 is 1.26 bits per heavy atom. The van der Waals surface area contributed by atoms with E-state index in [0.717, 1.165) is 18.0 Å². The molecule has 0 aliphatic carbocycles. The zero-order valence-corrected chi connectivity index (χ0v) is 19.1. The van der Waals surface area contributed by atoms with E-state index in [1.54, 1.807) is 48.4 Å². The highest BCUT2D eigenvalue weighted by Crippen LogP contribution is 2.35. The van der Waals surface area contributed by atoms with Crippen LogP contribution in [0.5, 0.6) is 0 Å². The average Bonchev–Trinajstić information content (AvgIpc) is 3.24. The van der Waals surface area contributed by atoms with Gasteiger partial charge in [0.15, 0.2) is 0 Å². The van der Waals surface area contributed by atoms with Gasteiger partial charge in [-0.1, -0.05) is 6.92 Å². The molecule has 1 atom stereocenters. The van der Waals surface area contributed by atoms with Gasteiger partial charge in [-0.05, 0) is 30.3 Å². The van der Waals surface area contributed by atoms with E-state index in [1.165, 1.54) is 4.31 Å². The van der Waals surface area contributed by atoms with E-state index >= 15 is 0 Å². The monoisotopic (exact) mass is 465 g/mol. The Morgan fingerprint density at radius 3 is 2.81 bits per heavy atom. The number of nitrogens with one attached hydrogen (secondary N) is 1. The number of fused-ring (bicyclic) bond motifs is 1. The number of ether oxygens (including phenoxy) is 1. The fraction of sp³-hybridized carbons (Fsp3) is 0.476. The number of morpholine rings is 1.